The largest absolute Gasteiger partial charge is 0.283 e. The summed E-state index contributed by atoms with van der Waals surface area (Å²) in [7, 11) is 5.58. The first kappa shape index (κ1) is 9.46. The molecule has 0 saturated heterocycles. The van der Waals surface area contributed by atoms with Gasteiger partial charge < -0.3 is 0 Å². The van der Waals surface area contributed by atoms with Crippen molar-refractivity contribution in [2.75, 3.05) is 0 Å². The van der Waals surface area contributed by atoms with Gasteiger partial charge in [-0.3, -0.25) is 4.40 Å². The van der Waals surface area contributed by atoms with Crippen molar-refractivity contribution < 1.29 is 0 Å². The van der Waals surface area contributed by atoms with Gasteiger partial charge in [0.05, 0.1) is 0 Å². The molecular formula is C8H8BClN4. The molecule has 0 fully saturated rings. The number of rotatable bonds is 1. The standard InChI is InChI=1S/C8H8BClN4/c1-4(2)7-12-13-8-6(10)11-5(9)3-14(7)8/h3-4H,1-2H3. The Morgan fingerprint density at radius 3 is 2.79 bits per heavy atom. The molecule has 2 heterocycles. The molecule has 0 aliphatic heterocycles. The molecule has 2 radical (unpaired) electrons. The number of halogens is 1. The van der Waals surface area contributed by atoms with Gasteiger partial charge in [0.1, 0.15) is 13.7 Å². The monoisotopic (exact) mass is 206 g/mol. The van der Waals surface area contributed by atoms with E-state index in [1.165, 1.54) is 0 Å². The molecule has 0 amide bonds. The average Bonchev–Trinajstić information content (AvgIpc) is 2.47. The predicted molar refractivity (Wildman–Crippen MR) is 55.3 cm³/mol. The summed E-state index contributed by atoms with van der Waals surface area (Å²) in [5, 5.41) is 8.26. The number of fused-ring (bicyclic) bond motifs is 1. The van der Waals surface area contributed by atoms with E-state index in [9.17, 15) is 0 Å². The maximum Gasteiger partial charge on any atom is 0.198 e. The molecule has 2 rings (SSSR count). The molecule has 2 aromatic heterocycles. The predicted octanol–water partition coefficient (Wildman–Crippen LogP) is 0.695. The summed E-state index contributed by atoms with van der Waals surface area (Å²) < 4.78 is 1.77. The lowest BCUT2D eigenvalue weighted by Gasteiger charge is -2.03. The molecule has 14 heavy (non-hydrogen) atoms. The second-order valence-electron chi connectivity index (χ2n) is 3.36. The third-order valence-corrected chi connectivity index (χ3v) is 2.17. The molecule has 0 N–H and O–H groups in total. The molecule has 0 aromatic carbocycles. The van der Waals surface area contributed by atoms with Crippen LogP contribution in [0.15, 0.2) is 6.20 Å². The van der Waals surface area contributed by atoms with Crippen LogP contribution in [-0.2, 0) is 0 Å². The van der Waals surface area contributed by atoms with Crippen molar-refractivity contribution in [3.8, 4) is 0 Å². The van der Waals surface area contributed by atoms with Crippen LogP contribution in [0.2, 0.25) is 5.15 Å². The first-order valence-electron chi connectivity index (χ1n) is 4.26. The second kappa shape index (κ2) is 3.24. The van der Waals surface area contributed by atoms with Gasteiger partial charge in [0, 0.05) is 17.7 Å². The van der Waals surface area contributed by atoms with Crippen LogP contribution in [0, 0.1) is 0 Å². The van der Waals surface area contributed by atoms with Crippen molar-refractivity contribution in [2.45, 2.75) is 19.8 Å². The Kier molecular flexibility index (Phi) is 2.19. The van der Waals surface area contributed by atoms with E-state index >= 15 is 0 Å². The van der Waals surface area contributed by atoms with Crippen LogP contribution >= 0.6 is 11.6 Å². The van der Waals surface area contributed by atoms with E-state index in [1.807, 2.05) is 13.8 Å². The third-order valence-electron chi connectivity index (χ3n) is 1.91. The number of aromatic nitrogens is 4. The normalized spacial score (nSPS) is 11.4. The van der Waals surface area contributed by atoms with E-state index in [1.54, 1.807) is 10.6 Å². The van der Waals surface area contributed by atoms with E-state index in [0.717, 1.165) is 5.82 Å². The molecule has 70 valence electrons. The summed E-state index contributed by atoms with van der Waals surface area (Å²) in [6.45, 7) is 4.06. The molecular weight excluding hydrogens is 198 g/mol. The zero-order valence-electron chi connectivity index (χ0n) is 7.90. The van der Waals surface area contributed by atoms with E-state index in [4.69, 9.17) is 19.4 Å². The van der Waals surface area contributed by atoms with Crippen LogP contribution < -0.4 is 5.59 Å². The van der Waals surface area contributed by atoms with Crippen LogP contribution in [0.1, 0.15) is 25.6 Å². The molecule has 0 aliphatic carbocycles. The molecule has 0 unspecified atom stereocenters. The molecule has 0 atom stereocenters. The van der Waals surface area contributed by atoms with Crippen molar-refractivity contribution >= 4 is 30.7 Å². The minimum absolute atomic E-state index is 0.267. The van der Waals surface area contributed by atoms with Gasteiger partial charge in [-0.15, -0.1) is 10.2 Å². The van der Waals surface area contributed by atoms with Crippen molar-refractivity contribution in [3.63, 3.8) is 0 Å². The van der Waals surface area contributed by atoms with Crippen LogP contribution in [0.5, 0.6) is 0 Å². The first-order valence-corrected chi connectivity index (χ1v) is 4.64. The Hall–Kier alpha value is -1.10. The SMILES string of the molecule is [B]c1cn2c(C(C)C)nnc2c(Cl)n1. The summed E-state index contributed by atoms with van der Waals surface area (Å²) in [5.41, 5.74) is 0.911. The van der Waals surface area contributed by atoms with Gasteiger partial charge >= 0.3 is 0 Å². The number of nitrogens with zero attached hydrogens (tertiary/aromatic N) is 4. The number of hydrogen-bond acceptors (Lipinski definition) is 3. The minimum atomic E-state index is 0.267. The van der Waals surface area contributed by atoms with Crippen molar-refractivity contribution in [3.05, 3.63) is 17.2 Å². The fourth-order valence-corrected chi connectivity index (χ4v) is 1.52. The Labute approximate surface area is 87.7 Å². The van der Waals surface area contributed by atoms with Gasteiger partial charge in [0.25, 0.3) is 0 Å². The van der Waals surface area contributed by atoms with E-state index in [2.05, 4.69) is 15.2 Å². The summed E-state index contributed by atoms with van der Waals surface area (Å²) >= 11 is 5.87. The zero-order valence-corrected chi connectivity index (χ0v) is 8.65. The van der Waals surface area contributed by atoms with Crippen LogP contribution in [0.4, 0.5) is 0 Å². The molecule has 0 aliphatic rings. The molecule has 0 spiro atoms. The Bertz CT molecular complexity index is 479. The van der Waals surface area contributed by atoms with Crippen molar-refractivity contribution in [2.24, 2.45) is 0 Å². The second-order valence-corrected chi connectivity index (χ2v) is 3.72. The highest BCUT2D eigenvalue weighted by atomic mass is 35.5. The lowest BCUT2D eigenvalue weighted by molar-refractivity contribution is 0.759. The van der Waals surface area contributed by atoms with Gasteiger partial charge in [0.15, 0.2) is 10.8 Å². The Morgan fingerprint density at radius 1 is 1.43 bits per heavy atom. The third kappa shape index (κ3) is 1.37. The zero-order chi connectivity index (χ0) is 10.3. The van der Waals surface area contributed by atoms with Gasteiger partial charge in [-0.25, -0.2) is 4.98 Å². The fraction of sp³-hybridized carbons (Fsp3) is 0.375. The Morgan fingerprint density at radius 2 is 2.14 bits per heavy atom. The summed E-state index contributed by atoms with van der Waals surface area (Å²) in [5.74, 6) is 1.10. The molecule has 6 heteroatoms. The maximum absolute atomic E-state index is 5.87. The topological polar surface area (TPSA) is 43.1 Å². The highest BCUT2D eigenvalue weighted by molar-refractivity contribution is 6.35. The number of hydrogen-bond donors (Lipinski definition) is 0. The van der Waals surface area contributed by atoms with E-state index in [0.29, 0.717) is 11.2 Å². The van der Waals surface area contributed by atoms with Crippen LogP contribution in [0.3, 0.4) is 0 Å². The molecule has 2 aromatic rings. The minimum Gasteiger partial charge on any atom is -0.283 e. The van der Waals surface area contributed by atoms with Crippen LogP contribution in [0.25, 0.3) is 5.65 Å². The van der Waals surface area contributed by atoms with E-state index < -0.39 is 0 Å². The lowest BCUT2D eigenvalue weighted by Crippen LogP contribution is -2.12. The summed E-state index contributed by atoms with van der Waals surface area (Å²) in [6, 6.07) is 0. The van der Waals surface area contributed by atoms with Crippen molar-refractivity contribution in [1.29, 1.82) is 0 Å². The highest BCUT2D eigenvalue weighted by Gasteiger charge is 2.12. The smallest absolute Gasteiger partial charge is 0.198 e. The van der Waals surface area contributed by atoms with Gasteiger partial charge in [-0.1, -0.05) is 25.4 Å². The summed E-state index contributed by atoms with van der Waals surface area (Å²) in [4.78, 5) is 3.89. The van der Waals surface area contributed by atoms with Gasteiger partial charge in [0.2, 0.25) is 0 Å². The van der Waals surface area contributed by atoms with E-state index in [-0.39, 0.29) is 11.1 Å². The fourth-order valence-electron chi connectivity index (χ4n) is 1.29. The quantitative estimate of drug-likeness (QED) is 0.645. The molecule has 0 bridgehead atoms. The van der Waals surface area contributed by atoms with Crippen molar-refractivity contribution in [1.82, 2.24) is 19.6 Å². The lowest BCUT2D eigenvalue weighted by atomic mass is 10.1. The average molecular weight is 206 g/mol. The Balaban J connectivity index is 2.78. The summed E-state index contributed by atoms with van der Waals surface area (Å²) in [6.07, 6.45) is 1.68. The first-order chi connectivity index (χ1) is 6.59. The van der Waals surface area contributed by atoms with Gasteiger partial charge in [-0.2, -0.15) is 0 Å². The molecule has 0 saturated carbocycles. The maximum atomic E-state index is 5.87. The highest BCUT2D eigenvalue weighted by Crippen LogP contribution is 2.16. The van der Waals surface area contributed by atoms with Gasteiger partial charge in [-0.05, 0) is 0 Å². The van der Waals surface area contributed by atoms with Crippen LogP contribution in [-0.4, -0.2) is 27.4 Å². The molecule has 4 nitrogen and oxygen atoms in total.